The van der Waals surface area contributed by atoms with Gasteiger partial charge in [0.1, 0.15) is 10.7 Å². The fourth-order valence-electron chi connectivity index (χ4n) is 2.34. The summed E-state index contributed by atoms with van der Waals surface area (Å²) in [5.74, 6) is 0. The SMILES string of the molecule is CN[C@H]1CCN(Cc2cnc(-c3cnccn3)s2)C1. The average Bonchev–Trinajstić information content (AvgIpc) is 3.09. The van der Waals surface area contributed by atoms with Gasteiger partial charge in [-0.1, -0.05) is 0 Å². The molecule has 1 fully saturated rings. The summed E-state index contributed by atoms with van der Waals surface area (Å²) in [7, 11) is 2.03. The van der Waals surface area contributed by atoms with Gasteiger partial charge in [0.2, 0.25) is 0 Å². The molecule has 5 nitrogen and oxygen atoms in total. The van der Waals surface area contributed by atoms with E-state index < -0.39 is 0 Å². The lowest BCUT2D eigenvalue weighted by Crippen LogP contribution is -2.29. The highest BCUT2D eigenvalue weighted by Gasteiger charge is 2.21. The van der Waals surface area contributed by atoms with Crippen LogP contribution in [-0.2, 0) is 6.54 Å². The lowest BCUT2D eigenvalue weighted by molar-refractivity contribution is 0.325. The second-order valence-corrected chi connectivity index (χ2v) is 5.85. The Labute approximate surface area is 116 Å². The number of likely N-dealkylation sites (N-methyl/N-ethyl adjacent to an activating group) is 1. The number of nitrogens with one attached hydrogen (secondary N) is 1. The molecule has 0 bridgehead atoms. The zero-order chi connectivity index (χ0) is 13.1. The van der Waals surface area contributed by atoms with Gasteiger partial charge in [-0.2, -0.15) is 0 Å². The van der Waals surface area contributed by atoms with Gasteiger partial charge < -0.3 is 5.32 Å². The Morgan fingerprint density at radius 1 is 1.37 bits per heavy atom. The minimum Gasteiger partial charge on any atom is -0.316 e. The number of aromatic nitrogens is 3. The molecule has 3 rings (SSSR count). The summed E-state index contributed by atoms with van der Waals surface area (Å²) >= 11 is 1.71. The van der Waals surface area contributed by atoms with Gasteiger partial charge in [-0.25, -0.2) is 4.98 Å². The van der Waals surface area contributed by atoms with Gasteiger partial charge in [0, 0.05) is 49.1 Å². The molecule has 0 radical (unpaired) electrons. The van der Waals surface area contributed by atoms with Crippen molar-refractivity contribution >= 4 is 11.3 Å². The first kappa shape index (κ1) is 12.7. The van der Waals surface area contributed by atoms with Crippen LogP contribution in [0.15, 0.2) is 24.8 Å². The molecule has 0 amide bonds. The molecule has 100 valence electrons. The van der Waals surface area contributed by atoms with Crippen molar-refractivity contribution in [1.82, 2.24) is 25.2 Å². The van der Waals surface area contributed by atoms with Crippen LogP contribution in [0.25, 0.3) is 10.7 Å². The lowest BCUT2D eigenvalue weighted by atomic mass is 10.3. The molecule has 0 aliphatic carbocycles. The predicted octanol–water partition coefficient (Wildman–Crippen LogP) is 1.39. The molecule has 1 aliphatic heterocycles. The first-order valence-corrected chi connectivity index (χ1v) is 7.27. The Bertz CT molecular complexity index is 527. The van der Waals surface area contributed by atoms with Crippen LogP contribution in [0.2, 0.25) is 0 Å². The molecule has 1 saturated heterocycles. The molecule has 3 heterocycles. The molecule has 19 heavy (non-hydrogen) atoms. The van der Waals surface area contributed by atoms with E-state index in [2.05, 4.69) is 25.2 Å². The molecule has 1 atom stereocenters. The van der Waals surface area contributed by atoms with Crippen LogP contribution in [0, 0.1) is 0 Å². The van der Waals surface area contributed by atoms with E-state index >= 15 is 0 Å². The van der Waals surface area contributed by atoms with Crippen molar-refractivity contribution < 1.29 is 0 Å². The Morgan fingerprint density at radius 2 is 2.32 bits per heavy atom. The molecule has 6 heteroatoms. The van der Waals surface area contributed by atoms with Gasteiger partial charge in [-0.15, -0.1) is 11.3 Å². The highest BCUT2D eigenvalue weighted by atomic mass is 32.1. The third-order valence-corrected chi connectivity index (χ3v) is 4.40. The van der Waals surface area contributed by atoms with Crippen LogP contribution < -0.4 is 5.32 Å². The second kappa shape index (κ2) is 5.73. The maximum atomic E-state index is 4.44. The summed E-state index contributed by atoms with van der Waals surface area (Å²) in [6.07, 6.45) is 8.33. The normalized spacial score (nSPS) is 19.9. The Hall–Kier alpha value is -1.37. The summed E-state index contributed by atoms with van der Waals surface area (Å²) < 4.78 is 0. The van der Waals surface area contributed by atoms with Crippen LogP contribution >= 0.6 is 11.3 Å². The molecule has 1 aliphatic rings. The minimum absolute atomic E-state index is 0.632. The van der Waals surface area contributed by atoms with Gasteiger partial charge in [-0.3, -0.25) is 14.9 Å². The predicted molar refractivity (Wildman–Crippen MR) is 75.9 cm³/mol. The highest BCUT2D eigenvalue weighted by molar-refractivity contribution is 7.14. The largest absolute Gasteiger partial charge is 0.316 e. The first-order valence-electron chi connectivity index (χ1n) is 6.46. The zero-order valence-corrected chi connectivity index (χ0v) is 11.7. The van der Waals surface area contributed by atoms with Crippen molar-refractivity contribution in [3.05, 3.63) is 29.7 Å². The molecule has 0 spiro atoms. The first-order chi connectivity index (χ1) is 9.35. The zero-order valence-electron chi connectivity index (χ0n) is 10.9. The smallest absolute Gasteiger partial charge is 0.143 e. The van der Waals surface area contributed by atoms with E-state index in [0.717, 1.165) is 30.3 Å². The Kier molecular flexibility index (Phi) is 3.82. The van der Waals surface area contributed by atoms with E-state index in [4.69, 9.17) is 0 Å². The van der Waals surface area contributed by atoms with Crippen LogP contribution in [0.3, 0.4) is 0 Å². The van der Waals surface area contributed by atoms with Crippen molar-refractivity contribution in [2.24, 2.45) is 0 Å². The number of hydrogen-bond acceptors (Lipinski definition) is 6. The number of rotatable bonds is 4. The summed E-state index contributed by atoms with van der Waals surface area (Å²) in [6, 6.07) is 0.632. The maximum absolute atomic E-state index is 4.44. The van der Waals surface area contributed by atoms with E-state index in [1.54, 1.807) is 29.9 Å². The van der Waals surface area contributed by atoms with Gasteiger partial charge in [-0.05, 0) is 13.5 Å². The van der Waals surface area contributed by atoms with E-state index in [1.165, 1.54) is 11.3 Å². The molecule has 0 aromatic carbocycles. The van der Waals surface area contributed by atoms with Crippen molar-refractivity contribution in [1.29, 1.82) is 0 Å². The Balaban J connectivity index is 1.66. The molecule has 1 N–H and O–H groups in total. The van der Waals surface area contributed by atoms with Crippen LogP contribution in [0.4, 0.5) is 0 Å². The third-order valence-electron chi connectivity index (χ3n) is 3.40. The van der Waals surface area contributed by atoms with Crippen molar-refractivity contribution in [2.45, 2.75) is 19.0 Å². The molecular formula is C13H17N5S. The number of nitrogens with zero attached hydrogens (tertiary/aromatic N) is 4. The fraction of sp³-hybridized carbons (Fsp3) is 0.462. The number of thiazole rings is 1. The number of hydrogen-bond donors (Lipinski definition) is 1. The minimum atomic E-state index is 0.632. The third kappa shape index (κ3) is 2.97. The molecule has 0 unspecified atom stereocenters. The molecular weight excluding hydrogens is 258 g/mol. The summed E-state index contributed by atoms with van der Waals surface area (Å²) in [5, 5.41) is 4.29. The van der Waals surface area contributed by atoms with Crippen LogP contribution in [0.5, 0.6) is 0 Å². The highest BCUT2D eigenvalue weighted by Crippen LogP contribution is 2.24. The van der Waals surface area contributed by atoms with Gasteiger partial charge in [0.15, 0.2) is 0 Å². The fourth-order valence-corrected chi connectivity index (χ4v) is 3.26. The van der Waals surface area contributed by atoms with Gasteiger partial charge in [0.05, 0.1) is 6.20 Å². The van der Waals surface area contributed by atoms with Crippen LogP contribution in [0.1, 0.15) is 11.3 Å². The van der Waals surface area contributed by atoms with Crippen LogP contribution in [-0.4, -0.2) is 46.0 Å². The van der Waals surface area contributed by atoms with Gasteiger partial charge >= 0.3 is 0 Å². The average molecular weight is 275 g/mol. The van der Waals surface area contributed by atoms with E-state index in [9.17, 15) is 0 Å². The second-order valence-electron chi connectivity index (χ2n) is 4.73. The molecule has 2 aromatic rings. The van der Waals surface area contributed by atoms with Crippen molar-refractivity contribution in [3.8, 4) is 10.7 Å². The van der Waals surface area contributed by atoms with E-state index in [0.29, 0.717) is 6.04 Å². The van der Waals surface area contributed by atoms with Gasteiger partial charge in [0.25, 0.3) is 0 Å². The quantitative estimate of drug-likeness (QED) is 0.914. The molecule has 2 aromatic heterocycles. The molecule has 0 saturated carbocycles. The number of likely N-dealkylation sites (tertiary alicyclic amines) is 1. The lowest BCUT2D eigenvalue weighted by Gasteiger charge is -2.13. The van der Waals surface area contributed by atoms with Crippen molar-refractivity contribution in [2.75, 3.05) is 20.1 Å². The topological polar surface area (TPSA) is 53.9 Å². The van der Waals surface area contributed by atoms with Crippen molar-refractivity contribution in [3.63, 3.8) is 0 Å². The van der Waals surface area contributed by atoms with E-state index in [1.807, 2.05) is 13.2 Å². The van der Waals surface area contributed by atoms with E-state index in [-0.39, 0.29) is 0 Å². The monoisotopic (exact) mass is 275 g/mol. The summed E-state index contributed by atoms with van der Waals surface area (Å²) in [6.45, 7) is 3.26. The standard InChI is InChI=1S/C13H17N5S/c1-14-10-2-5-18(8-10)9-11-6-17-13(19-11)12-7-15-3-4-16-12/h3-4,6-7,10,14H,2,5,8-9H2,1H3/t10-/m0/s1. The Morgan fingerprint density at radius 3 is 3.05 bits per heavy atom. The summed E-state index contributed by atoms with van der Waals surface area (Å²) in [4.78, 5) is 16.6. The summed E-state index contributed by atoms with van der Waals surface area (Å²) in [5.41, 5.74) is 0.855. The maximum Gasteiger partial charge on any atom is 0.143 e.